The lowest BCUT2D eigenvalue weighted by Gasteiger charge is -2.22. The molecule has 6 heteroatoms. The van der Waals surface area contributed by atoms with Gasteiger partial charge in [0.15, 0.2) is 0 Å². The van der Waals surface area contributed by atoms with E-state index in [2.05, 4.69) is 0 Å². The molecule has 0 amide bonds. The molecule has 0 spiro atoms. The highest BCUT2D eigenvalue weighted by atomic mass is 32.2. The molecule has 2 aromatic rings. The third kappa shape index (κ3) is 2.77. The monoisotopic (exact) mass is 372 g/mol. The molecule has 1 fully saturated rings. The van der Waals surface area contributed by atoms with Gasteiger partial charge < -0.3 is 5.11 Å². The Labute approximate surface area is 155 Å². The van der Waals surface area contributed by atoms with Gasteiger partial charge in [-0.05, 0) is 61.4 Å². The summed E-state index contributed by atoms with van der Waals surface area (Å²) in [6, 6.07) is 13.4. The largest absolute Gasteiger partial charge is 0.386 e. The zero-order valence-corrected chi connectivity index (χ0v) is 16.1. The number of fused-ring (bicyclic) bond motifs is 1. The Balaban J connectivity index is 1.82. The van der Waals surface area contributed by atoms with Crippen LogP contribution in [0.1, 0.15) is 32.3 Å². The van der Waals surface area contributed by atoms with Crippen LogP contribution in [-0.4, -0.2) is 27.1 Å². The molecule has 1 aliphatic carbocycles. The van der Waals surface area contributed by atoms with E-state index in [0.717, 1.165) is 35.2 Å². The first kappa shape index (κ1) is 17.4. The minimum absolute atomic E-state index is 0.472. The Morgan fingerprint density at radius 3 is 2.46 bits per heavy atom. The molecule has 0 atom stereocenters. The van der Waals surface area contributed by atoms with Crippen LogP contribution in [0.5, 0.6) is 0 Å². The second-order valence-electron chi connectivity index (χ2n) is 7.76. The molecule has 0 unspecified atom stereocenters. The molecule has 26 heavy (non-hydrogen) atoms. The lowest BCUT2D eigenvalue weighted by Crippen LogP contribution is -2.36. The Hall–Kier alpha value is -2.05. The van der Waals surface area contributed by atoms with E-state index in [1.54, 1.807) is 20.9 Å². The number of aliphatic hydroxyl groups is 1. The predicted octanol–water partition coefficient (Wildman–Crippen LogP) is 3.49. The van der Waals surface area contributed by atoms with Gasteiger partial charge >= 0.3 is 10.2 Å². The summed E-state index contributed by atoms with van der Waals surface area (Å²) in [7, 11) is -1.90. The minimum Gasteiger partial charge on any atom is -0.386 e. The van der Waals surface area contributed by atoms with Gasteiger partial charge in [0.05, 0.1) is 17.0 Å². The Bertz CT molecular complexity index is 959. The summed E-state index contributed by atoms with van der Waals surface area (Å²) in [6.07, 6.45) is 2.20. The van der Waals surface area contributed by atoms with Crippen molar-refractivity contribution in [3.05, 3.63) is 48.0 Å². The average Bonchev–Trinajstić information content (AvgIpc) is 3.39. The van der Waals surface area contributed by atoms with Gasteiger partial charge in [0.25, 0.3) is 0 Å². The first-order valence-corrected chi connectivity index (χ1v) is 10.3. The van der Waals surface area contributed by atoms with Crippen molar-refractivity contribution in [1.82, 2.24) is 0 Å². The summed E-state index contributed by atoms with van der Waals surface area (Å²) in [4.78, 5) is 0. The highest BCUT2D eigenvalue weighted by molar-refractivity contribution is 7.94. The first-order chi connectivity index (χ1) is 12.2. The maximum absolute atomic E-state index is 12.8. The number of rotatable bonds is 4. The number of benzene rings is 2. The molecule has 1 N–H and O–H groups in total. The lowest BCUT2D eigenvalue weighted by molar-refractivity contribution is 0.0792. The van der Waals surface area contributed by atoms with Gasteiger partial charge in [-0.15, -0.1) is 0 Å². The van der Waals surface area contributed by atoms with E-state index in [-0.39, 0.29) is 0 Å². The molecule has 138 valence electrons. The second-order valence-corrected chi connectivity index (χ2v) is 9.64. The molecular formula is C20H24N2O3S. The molecule has 2 aliphatic rings. The minimum atomic E-state index is -3.50. The summed E-state index contributed by atoms with van der Waals surface area (Å²) >= 11 is 0. The lowest BCUT2D eigenvalue weighted by atomic mass is 9.89. The van der Waals surface area contributed by atoms with Crippen LogP contribution >= 0.6 is 0 Å². The fraction of sp³-hybridized carbons (Fsp3) is 0.400. The van der Waals surface area contributed by atoms with Crippen LogP contribution in [0.15, 0.2) is 42.5 Å². The Kier molecular flexibility index (Phi) is 3.82. The smallest absolute Gasteiger partial charge is 0.326 e. The molecule has 0 radical (unpaired) electrons. The number of hydrogen-bond acceptors (Lipinski definition) is 3. The van der Waals surface area contributed by atoms with E-state index in [1.165, 1.54) is 8.61 Å². The van der Waals surface area contributed by atoms with Crippen molar-refractivity contribution in [2.24, 2.45) is 5.92 Å². The topological polar surface area (TPSA) is 60.9 Å². The summed E-state index contributed by atoms with van der Waals surface area (Å²) in [5, 5.41) is 10.5. The van der Waals surface area contributed by atoms with Crippen LogP contribution in [0.25, 0.3) is 11.1 Å². The Morgan fingerprint density at radius 2 is 1.81 bits per heavy atom. The molecule has 1 aliphatic heterocycles. The SMILES string of the molecule is CN1c2cc(-c3ccccc3C(C)(C)O)ccc2N(CC2CC2)S1(=O)=O. The normalized spacial score (nSPS) is 18.9. The summed E-state index contributed by atoms with van der Waals surface area (Å²) in [5.41, 5.74) is 3.08. The van der Waals surface area contributed by atoms with Crippen LogP contribution in [0.3, 0.4) is 0 Å². The molecule has 0 aromatic heterocycles. The van der Waals surface area contributed by atoms with Crippen LogP contribution < -0.4 is 8.61 Å². The highest BCUT2D eigenvalue weighted by Crippen LogP contribution is 2.45. The predicted molar refractivity (Wildman–Crippen MR) is 105 cm³/mol. The molecule has 4 rings (SSSR count). The van der Waals surface area contributed by atoms with Gasteiger partial charge in [0.1, 0.15) is 0 Å². The molecule has 0 saturated heterocycles. The maximum atomic E-state index is 12.8. The van der Waals surface area contributed by atoms with E-state index in [1.807, 2.05) is 42.5 Å². The molecule has 1 heterocycles. The number of anilines is 2. The number of nitrogens with zero attached hydrogens (tertiary/aromatic N) is 2. The number of hydrogen-bond donors (Lipinski definition) is 1. The van der Waals surface area contributed by atoms with E-state index >= 15 is 0 Å². The van der Waals surface area contributed by atoms with Gasteiger partial charge in [-0.3, -0.25) is 8.61 Å². The Morgan fingerprint density at radius 1 is 1.12 bits per heavy atom. The fourth-order valence-electron chi connectivity index (χ4n) is 3.55. The van der Waals surface area contributed by atoms with Gasteiger partial charge in [-0.2, -0.15) is 8.42 Å². The van der Waals surface area contributed by atoms with Gasteiger partial charge in [-0.1, -0.05) is 30.3 Å². The van der Waals surface area contributed by atoms with Gasteiger partial charge in [0.2, 0.25) is 0 Å². The van der Waals surface area contributed by atoms with Crippen molar-refractivity contribution < 1.29 is 13.5 Å². The van der Waals surface area contributed by atoms with Crippen LogP contribution in [0.2, 0.25) is 0 Å². The highest BCUT2D eigenvalue weighted by Gasteiger charge is 2.41. The third-order valence-electron chi connectivity index (χ3n) is 5.23. The van der Waals surface area contributed by atoms with Gasteiger partial charge in [-0.25, -0.2) is 0 Å². The molecule has 1 saturated carbocycles. The van der Waals surface area contributed by atoms with Crippen LogP contribution in [-0.2, 0) is 15.8 Å². The van der Waals surface area contributed by atoms with Gasteiger partial charge in [0, 0.05) is 13.6 Å². The maximum Gasteiger partial charge on any atom is 0.326 e. The summed E-state index contributed by atoms with van der Waals surface area (Å²) in [6.45, 7) is 4.07. The quantitative estimate of drug-likeness (QED) is 0.894. The summed E-state index contributed by atoms with van der Waals surface area (Å²) in [5.74, 6) is 0.472. The van der Waals surface area contributed by atoms with E-state index < -0.39 is 15.8 Å². The van der Waals surface area contributed by atoms with E-state index in [0.29, 0.717) is 18.2 Å². The van der Waals surface area contributed by atoms with Crippen molar-refractivity contribution in [2.45, 2.75) is 32.3 Å². The average molecular weight is 372 g/mol. The van der Waals surface area contributed by atoms with Crippen LogP contribution in [0.4, 0.5) is 11.4 Å². The molecule has 2 aromatic carbocycles. The van der Waals surface area contributed by atoms with Crippen LogP contribution in [0, 0.1) is 5.92 Å². The second kappa shape index (κ2) is 5.72. The van der Waals surface area contributed by atoms with Crippen molar-refractivity contribution in [2.75, 3.05) is 22.2 Å². The first-order valence-electron chi connectivity index (χ1n) is 8.92. The summed E-state index contributed by atoms with van der Waals surface area (Å²) < 4.78 is 28.5. The van der Waals surface area contributed by atoms with E-state index in [4.69, 9.17) is 0 Å². The molecule has 5 nitrogen and oxygen atoms in total. The standard InChI is InChI=1S/C20H24N2O3S/c1-20(2,23)17-7-5-4-6-16(17)15-10-11-18-19(12-15)21(3)26(24,25)22(18)13-14-8-9-14/h4-7,10-12,14,23H,8-9,13H2,1-3H3. The zero-order chi connectivity index (χ0) is 18.7. The third-order valence-corrected chi connectivity index (χ3v) is 7.02. The van der Waals surface area contributed by atoms with Crippen molar-refractivity contribution in [1.29, 1.82) is 0 Å². The molecule has 0 bridgehead atoms. The molecular weight excluding hydrogens is 348 g/mol. The van der Waals surface area contributed by atoms with E-state index in [9.17, 15) is 13.5 Å². The van der Waals surface area contributed by atoms with Crippen molar-refractivity contribution in [3.63, 3.8) is 0 Å². The van der Waals surface area contributed by atoms with Crippen molar-refractivity contribution >= 4 is 21.6 Å². The van der Waals surface area contributed by atoms with Crippen molar-refractivity contribution in [3.8, 4) is 11.1 Å². The fourth-order valence-corrected chi connectivity index (χ4v) is 5.04. The zero-order valence-electron chi connectivity index (χ0n) is 15.3.